The predicted molar refractivity (Wildman–Crippen MR) is 79.9 cm³/mol. The van der Waals surface area contributed by atoms with Crippen LogP contribution in [0.25, 0.3) is 0 Å². The lowest BCUT2D eigenvalue weighted by atomic mass is 9.96. The van der Waals surface area contributed by atoms with E-state index in [4.69, 9.17) is 5.73 Å². The molecule has 1 heterocycles. The fourth-order valence-electron chi connectivity index (χ4n) is 2.64. The van der Waals surface area contributed by atoms with E-state index in [2.05, 4.69) is 18.4 Å². The lowest BCUT2D eigenvalue weighted by Crippen LogP contribution is -2.48. The van der Waals surface area contributed by atoms with Crippen LogP contribution in [0.1, 0.15) is 32.6 Å². The third-order valence-corrected chi connectivity index (χ3v) is 4.03. The molecule has 0 aromatic heterocycles. The van der Waals surface area contributed by atoms with Crippen molar-refractivity contribution in [2.75, 3.05) is 39.3 Å². The average Bonchev–Trinajstić information content (AvgIpc) is 2.44. The molecular formula is C15H29N3O. The number of hydrogen-bond donors (Lipinski definition) is 1. The van der Waals surface area contributed by atoms with Gasteiger partial charge in [0.1, 0.15) is 0 Å². The predicted octanol–water partition coefficient (Wildman–Crippen LogP) is 1.47. The molecule has 1 aliphatic heterocycles. The minimum absolute atomic E-state index is 0.314. The van der Waals surface area contributed by atoms with Crippen molar-refractivity contribution >= 4 is 5.91 Å². The fourth-order valence-corrected chi connectivity index (χ4v) is 2.64. The molecule has 1 amide bonds. The van der Waals surface area contributed by atoms with Gasteiger partial charge in [-0.05, 0) is 25.3 Å². The van der Waals surface area contributed by atoms with E-state index in [9.17, 15) is 4.79 Å². The largest absolute Gasteiger partial charge is 0.340 e. The maximum Gasteiger partial charge on any atom is 0.222 e. The Labute approximate surface area is 117 Å². The van der Waals surface area contributed by atoms with Gasteiger partial charge in [-0.25, -0.2) is 0 Å². The number of nitrogens with zero attached hydrogens (tertiary/aromatic N) is 2. The van der Waals surface area contributed by atoms with Crippen molar-refractivity contribution in [3.05, 3.63) is 12.7 Å². The molecule has 4 nitrogen and oxygen atoms in total. The van der Waals surface area contributed by atoms with Crippen LogP contribution in [0.5, 0.6) is 0 Å². The molecule has 1 atom stereocenters. The van der Waals surface area contributed by atoms with Crippen LogP contribution in [-0.2, 0) is 4.79 Å². The Bertz CT molecular complexity index is 273. The van der Waals surface area contributed by atoms with E-state index in [0.717, 1.165) is 58.5 Å². The average molecular weight is 267 g/mol. The van der Waals surface area contributed by atoms with Gasteiger partial charge < -0.3 is 10.6 Å². The van der Waals surface area contributed by atoms with Crippen LogP contribution < -0.4 is 5.73 Å². The summed E-state index contributed by atoms with van der Waals surface area (Å²) in [5.41, 5.74) is 5.59. The number of rotatable bonds is 8. The molecule has 0 aliphatic carbocycles. The smallest absolute Gasteiger partial charge is 0.222 e. The summed E-state index contributed by atoms with van der Waals surface area (Å²) in [7, 11) is 0. The Hall–Kier alpha value is -0.870. The van der Waals surface area contributed by atoms with E-state index in [0.29, 0.717) is 18.2 Å². The molecule has 110 valence electrons. The summed E-state index contributed by atoms with van der Waals surface area (Å²) in [6.07, 6.45) is 5.75. The summed E-state index contributed by atoms with van der Waals surface area (Å²) >= 11 is 0. The first-order chi connectivity index (χ1) is 9.21. The van der Waals surface area contributed by atoms with Gasteiger partial charge in [-0.1, -0.05) is 19.4 Å². The molecule has 0 spiro atoms. The van der Waals surface area contributed by atoms with Gasteiger partial charge >= 0.3 is 0 Å². The summed E-state index contributed by atoms with van der Waals surface area (Å²) in [4.78, 5) is 16.5. The summed E-state index contributed by atoms with van der Waals surface area (Å²) in [5, 5.41) is 0. The van der Waals surface area contributed by atoms with Crippen molar-refractivity contribution in [1.29, 1.82) is 0 Å². The highest BCUT2D eigenvalue weighted by Crippen LogP contribution is 2.16. The second kappa shape index (κ2) is 9.10. The molecule has 0 aromatic carbocycles. The summed E-state index contributed by atoms with van der Waals surface area (Å²) in [6.45, 7) is 11.3. The van der Waals surface area contributed by atoms with Crippen LogP contribution in [0, 0.1) is 5.92 Å². The highest BCUT2D eigenvalue weighted by atomic mass is 16.2. The lowest BCUT2D eigenvalue weighted by molar-refractivity contribution is -0.133. The molecule has 1 rings (SSSR count). The second-order valence-electron chi connectivity index (χ2n) is 5.36. The monoisotopic (exact) mass is 267 g/mol. The molecule has 4 heteroatoms. The molecule has 19 heavy (non-hydrogen) atoms. The fraction of sp³-hybridized carbons (Fsp3) is 0.800. The second-order valence-corrected chi connectivity index (χ2v) is 5.36. The van der Waals surface area contributed by atoms with Gasteiger partial charge in [0.25, 0.3) is 0 Å². The SMILES string of the molecule is C=CCN1CCN(C(=O)CCC(CC)CCN)CC1. The maximum absolute atomic E-state index is 12.1. The molecule has 0 saturated carbocycles. The van der Waals surface area contributed by atoms with Crippen LogP contribution in [0.4, 0.5) is 0 Å². The lowest BCUT2D eigenvalue weighted by Gasteiger charge is -2.34. The van der Waals surface area contributed by atoms with E-state index in [1.807, 2.05) is 11.0 Å². The van der Waals surface area contributed by atoms with Crippen molar-refractivity contribution in [2.45, 2.75) is 32.6 Å². The van der Waals surface area contributed by atoms with E-state index < -0.39 is 0 Å². The van der Waals surface area contributed by atoms with Gasteiger partial charge in [0, 0.05) is 39.1 Å². The third-order valence-electron chi connectivity index (χ3n) is 4.03. The van der Waals surface area contributed by atoms with Crippen molar-refractivity contribution < 1.29 is 4.79 Å². The molecular weight excluding hydrogens is 238 g/mol. The van der Waals surface area contributed by atoms with Gasteiger partial charge in [-0.3, -0.25) is 9.69 Å². The van der Waals surface area contributed by atoms with Gasteiger partial charge in [0.15, 0.2) is 0 Å². The Balaban J connectivity index is 2.25. The molecule has 1 aliphatic rings. The van der Waals surface area contributed by atoms with Gasteiger partial charge in [0.2, 0.25) is 5.91 Å². The number of carbonyl (C=O) groups excluding carboxylic acids is 1. The summed E-state index contributed by atoms with van der Waals surface area (Å²) in [5.74, 6) is 0.921. The van der Waals surface area contributed by atoms with E-state index in [1.165, 1.54) is 0 Å². The van der Waals surface area contributed by atoms with Crippen molar-refractivity contribution in [3.63, 3.8) is 0 Å². The standard InChI is InChI=1S/C15H29N3O/c1-3-9-17-10-12-18(13-11-17)15(19)6-5-14(4-2)7-8-16/h3,14H,1,4-13,16H2,2H3. The van der Waals surface area contributed by atoms with Gasteiger partial charge in [-0.2, -0.15) is 0 Å². The third kappa shape index (κ3) is 5.74. The molecule has 1 unspecified atom stereocenters. The zero-order chi connectivity index (χ0) is 14.1. The zero-order valence-corrected chi connectivity index (χ0v) is 12.3. The Morgan fingerprint density at radius 1 is 1.32 bits per heavy atom. The highest BCUT2D eigenvalue weighted by Gasteiger charge is 2.20. The van der Waals surface area contributed by atoms with Crippen LogP contribution in [0.15, 0.2) is 12.7 Å². The Morgan fingerprint density at radius 3 is 2.53 bits per heavy atom. The number of carbonyl (C=O) groups is 1. The quantitative estimate of drug-likeness (QED) is 0.678. The highest BCUT2D eigenvalue weighted by molar-refractivity contribution is 5.76. The minimum Gasteiger partial charge on any atom is -0.340 e. The number of nitrogens with two attached hydrogens (primary N) is 1. The van der Waals surface area contributed by atoms with Crippen molar-refractivity contribution in [1.82, 2.24) is 9.80 Å². The first-order valence-corrected chi connectivity index (χ1v) is 7.52. The summed E-state index contributed by atoms with van der Waals surface area (Å²) in [6, 6.07) is 0. The van der Waals surface area contributed by atoms with Crippen LogP contribution >= 0.6 is 0 Å². The number of hydrogen-bond acceptors (Lipinski definition) is 3. The van der Waals surface area contributed by atoms with Crippen LogP contribution in [0.2, 0.25) is 0 Å². The Kier molecular flexibility index (Phi) is 7.75. The van der Waals surface area contributed by atoms with Crippen LogP contribution in [-0.4, -0.2) is 55.0 Å². The van der Waals surface area contributed by atoms with E-state index >= 15 is 0 Å². The van der Waals surface area contributed by atoms with Gasteiger partial charge in [-0.15, -0.1) is 6.58 Å². The topological polar surface area (TPSA) is 49.6 Å². The normalized spacial score (nSPS) is 18.3. The van der Waals surface area contributed by atoms with Crippen molar-refractivity contribution in [2.24, 2.45) is 11.7 Å². The molecule has 1 fully saturated rings. The molecule has 0 bridgehead atoms. The minimum atomic E-state index is 0.314. The van der Waals surface area contributed by atoms with Crippen LogP contribution in [0.3, 0.4) is 0 Å². The first-order valence-electron chi connectivity index (χ1n) is 7.52. The maximum atomic E-state index is 12.1. The molecule has 0 radical (unpaired) electrons. The van der Waals surface area contributed by atoms with Gasteiger partial charge in [0.05, 0.1) is 0 Å². The molecule has 0 aromatic rings. The van der Waals surface area contributed by atoms with E-state index in [-0.39, 0.29) is 0 Å². The van der Waals surface area contributed by atoms with Crippen molar-refractivity contribution in [3.8, 4) is 0 Å². The Morgan fingerprint density at radius 2 is 2.00 bits per heavy atom. The zero-order valence-electron chi connectivity index (χ0n) is 12.3. The number of piperazine rings is 1. The molecule has 2 N–H and O–H groups in total. The first kappa shape index (κ1) is 16.2. The number of amides is 1. The van der Waals surface area contributed by atoms with E-state index in [1.54, 1.807) is 0 Å². The summed E-state index contributed by atoms with van der Waals surface area (Å²) < 4.78 is 0. The molecule has 1 saturated heterocycles.